The number of ether oxygens (including phenoxy) is 1. The smallest absolute Gasteiger partial charge is 0.324 e. The summed E-state index contributed by atoms with van der Waals surface area (Å²) in [6.45, 7) is 2.37. The van der Waals surface area contributed by atoms with Gasteiger partial charge in [0.1, 0.15) is 24.2 Å². The maximum atomic E-state index is 13.7. The van der Waals surface area contributed by atoms with Crippen LogP contribution < -0.4 is 10.5 Å². The minimum atomic E-state index is -4.43. The number of anilines is 1. The molecule has 0 amide bonds. The predicted molar refractivity (Wildman–Crippen MR) is 112 cm³/mol. The Hall–Kier alpha value is -3.13. The van der Waals surface area contributed by atoms with Gasteiger partial charge in [-0.1, -0.05) is 5.92 Å². The van der Waals surface area contributed by atoms with Gasteiger partial charge in [0.25, 0.3) is 0 Å². The van der Waals surface area contributed by atoms with Crippen molar-refractivity contribution >= 4 is 21.7 Å². The van der Waals surface area contributed by atoms with Gasteiger partial charge in [-0.3, -0.25) is 4.79 Å². The van der Waals surface area contributed by atoms with E-state index in [1.54, 1.807) is 6.92 Å². The third kappa shape index (κ3) is 5.95. The van der Waals surface area contributed by atoms with Crippen molar-refractivity contribution < 1.29 is 32.6 Å². The molecule has 0 spiro atoms. The number of halogens is 1. The Morgan fingerprint density at radius 2 is 1.90 bits per heavy atom. The van der Waals surface area contributed by atoms with Gasteiger partial charge >= 0.3 is 5.97 Å². The molecule has 0 saturated heterocycles. The van der Waals surface area contributed by atoms with Crippen molar-refractivity contribution in [2.45, 2.75) is 37.4 Å². The molecule has 31 heavy (non-hydrogen) atoms. The largest absolute Gasteiger partial charge is 0.481 e. The number of nitrogens with zero attached hydrogens (tertiary/aromatic N) is 1. The number of nitrogen functional groups attached to an aromatic ring is 1. The Bertz CT molecular complexity index is 1090. The second kappa shape index (κ2) is 10.3. The van der Waals surface area contributed by atoms with Gasteiger partial charge in [0.2, 0.25) is 10.0 Å². The second-order valence-corrected chi connectivity index (χ2v) is 8.49. The number of hydrogen-bond donors (Lipinski definition) is 3. The lowest BCUT2D eigenvalue weighted by Gasteiger charge is -2.30. The number of rotatable bonds is 9. The molecule has 8 nitrogen and oxygen atoms in total. The van der Waals surface area contributed by atoms with E-state index in [0.29, 0.717) is 10.1 Å². The van der Waals surface area contributed by atoms with Crippen LogP contribution in [0.25, 0.3) is 0 Å². The van der Waals surface area contributed by atoms with Crippen LogP contribution in [0.5, 0.6) is 5.75 Å². The van der Waals surface area contributed by atoms with Gasteiger partial charge in [0.15, 0.2) is 0 Å². The first-order valence-corrected chi connectivity index (χ1v) is 10.6. The monoisotopic (exact) mass is 450 g/mol. The maximum absolute atomic E-state index is 13.7. The molecule has 0 aliphatic rings. The van der Waals surface area contributed by atoms with E-state index in [4.69, 9.17) is 10.5 Å². The molecule has 2 aromatic carbocycles. The first-order valence-electron chi connectivity index (χ1n) is 9.17. The number of benzene rings is 2. The minimum absolute atomic E-state index is 0.0635. The van der Waals surface area contributed by atoms with Crippen LogP contribution in [0.1, 0.15) is 19.4 Å². The van der Waals surface area contributed by atoms with Gasteiger partial charge in [-0.05, 0) is 61.9 Å². The molecule has 2 atom stereocenters. The summed E-state index contributed by atoms with van der Waals surface area (Å²) < 4.78 is 46.2. The summed E-state index contributed by atoms with van der Waals surface area (Å²) in [5, 5.41) is 19.6. The molecule has 2 aromatic rings. The average Bonchev–Trinajstić information content (AvgIpc) is 2.70. The first-order chi connectivity index (χ1) is 14.6. The summed E-state index contributed by atoms with van der Waals surface area (Å²) in [5.41, 5.74) is 5.97. The summed E-state index contributed by atoms with van der Waals surface area (Å²) in [7, 11) is -4.43. The number of hydrogen-bond acceptors (Lipinski definition) is 6. The van der Waals surface area contributed by atoms with E-state index in [-0.39, 0.29) is 22.8 Å². The molecule has 2 unspecified atom stereocenters. The predicted octanol–water partition coefficient (Wildman–Crippen LogP) is 1.83. The average molecular weight is 450 g/mol. The van der Waals surface area contributed by atoms with Crippen molar-refractivity contribution in [3.8, 4) is 17.6 Å². The Balaban J connectivity index is 2.49. The van der Waals surface area contributed by atoms with Crippen LogP contribution in [0, 0.1) is 17.7 Å². The van der Waals surface area contributed by atoms with E-state index in [0.717, 1.165) is 19.1 Å². The molecule has 0 bridgehead atoms. The number of carboxylic acid groups (broad SMARTS) is 1. The highest BCUT2D eigenvalue weighted by atomic mass is 32.2. The normalized spacial score (nSPS) is 13.2. The van der Waals surface area contributed by atoms with Gasteiger partial charge in [-0.2, -0.15) is 4.31 Å². The van der Waals surface area contributed by atoms with Crippen molar-refractivity contribution in [2.24, 2.45) is 0 Å². The Labute approximate surface area is 180 Å². The highest BCUT2D eigenvalue weighted by Crippen LogP contribution is 2.26. The van der Waals surface area contributed by atoms with Crippen molar-refractivity contribution in [1.29, 1.82) is 0 Å². The van der Waals surface area contributed by atoms with E-state index in [9.17, 15) is 27.8 Å². The third-order valence-electron chi connectivity index (χ3n) is 4.37. The van der Waals surface area contributed by atoms with Gasteiger partial charge in [-0.15, -0.1) is 5.92 Å². The zero-order valence-corrected chi connectivity index (χ0v) is 17.8. The van der Waals surface area contributed by atoms with Crippen molar-refractivity contribution in [2.75, 3.05) is 12.3 Å². The Morgan fingerprint density at radius 1 is 1.26 bits per heavy atom. The van der Waals surface area contributed by atoms with E-state index in [2.05, 4.69) is 11.8 Å². The highest BCUT2D eigenvalue weighted by Gasteiger charge is 2.39. The molecular formula is C21H23FN2O6S. The maximum Gasteiger partial charge on any atom is 0.324 e. The van der Waals surface area contributed by atoms with Crippen LogP contribution in [0.4, 0.5) is 10.1 Å². The topological polar surface area (TPSA) is 130 Å². The number of nitrogens with two attached hydrogens (primary N) is 1. The summed E-state index contributed by atoms with van der Waals surface area (Å²) in [5.74, 6) is 3.50. The quantitative estimate of drug-likeness (QED) is 0.392. The Morgan fingerprint density at radius 3 is 2.45 bits per heavy atom. The van der Waals surface area contributed by atoms with Crippen LogP contribution in [0.2, 0.25) is 0 Å². The van der Waals surface area contributed by atoms with E-state index < -0.39 is 40.5 Å². The zero-order valence-electron chi connectivity index (χ0n) is 16.9. The van der Waals surface area contributed by atoms with Gasteiger partial charge < -0.3 is 20.7 Å². The number of carbonyl (C=O) groups is 1. The van der Waals surface area contributed by atoms with E-state index in [1.165, 1.54) is 30.3 Å². The van der Waals surface area contributed by atoms with Gasteiger partial charge in [0.05, 0.1) is 11.0 Å². The second-order valence-electron chi connectivity index (χ2n) is 6.60. The molecule has 2 rings (SSSR count). The summed E-state index contributed by atoms with van der Waals surface area (Å²) in [4.78, 5) is 11.6. The molecule has 0 fully saturated rings. The highest BCUT2D eigenvalue weighted by molar-refractivity contribution is 7.89. The molecule has 166 valence electrons. The lowest BCUT2D eigenvalue weighted by Crippen LogP contribution is -2.50. The fraction of sp³-hybridized carbons (Fsp3) is 0.286. The molecule has 0 aliphatic carbocycles. The number of aliphatic hydroxyl groups is 1. The number of aliphatic carboxylic acids is 1. The minimum Gasteiger partial charge on any atom is -0.481 e. The van der Waals surface area contributed by atoms with Gasteiger partial charge in [-0.25, -0.2) is 12.8 Å². The van der Waals surface area contributed by atoms with Crippen LogP contribution in [-0.4, -0.2) is 47.7 Å². The third-order valence-corrected chi connectivity index (χ3v) is 6.21. The molecular weight excluding hydrogens is 427 g/mol. The SMILES string of the molecule is CC#CCOc1ccc(S(=O)(=O)N(Cc2cc(F)ccc2N)C(C(=O)O)C(C)O)cc1. The van der Waals surface area contributed by atoms with Crippen LogP contribution in [0.15, 0.2) is 47.4 Å². The summed E-state index contributed by atoms with van der Waals surface area (Å²) >= 11 is 0. The molecule has 4 N–H and O–H groups in total. The standard InChI is InChI=1S/C21H23FN2O6S/c1-3-4-11-30-17-6-8-18(9-7-17)31(28,29)24(20(14(2)25)21(26)27)13-15-12-16(22)5-10-19(15)23/h5-10,12,14,20,25H,11,13,23H2,1-2H3,(H,26,27). The number of aliphatic hydroxyl groups excluding tert-OH is 1. The van der Waals surface area contributed by atoms with E-state index in [1.807, 2.05) is 0 Å². The molecule has 10 heteroatoms. The van der Waals surface area contributed by atoms with Crippen LogP contribution >= 0.6 is 0 Å². The van der Waals surface area contributed by atoms with E-state index >= 15 is 0 Å². The van der Waals surface area contributed by atoms with Crippen LogP contribution in [-0.2, 0) is 21.4 Å². The lowest BCUT2D eigenvalue weighted by atomic mass is 10.1. The zero-order chi connectivity index (χ0) is 23.2. The van der Waals surface area contributed by atoms with Gasteiger partial charge in [0, 0.05) is 12.2 Å². The molecule has 0 saturated carbocycles. The summed E-state index contributed by atoms with van der Waals surface area (Å²) in [6, 6.07) is 6.82. The fourth-order valence-electron chi connectivity index (χ4n) is 2.82. The Kier molecular flexibility index (Phi) is 7.99. The van der Waals surface area contributed by atoms with Crippen molar-refractivity contribution in [1.82, 2.24) is 4.31 Å². The molecule has 0 heterocycles. The first kappa shape index (κ1) is 24.1. The molecule has 0 radical (unpaired) electrons. The lowest BCUT2D eigenvalue weighted by molar-refractivity contribution is -0.145. The van der Waals surface area contributed by atoms with Crippen LogP contribution in [0.3, 0.4) is 0 Å². The van der Waals surface area contributed by atoms with Crippen molar-refractivity contribution in [3.05, 3.63) is 53.8 Å². The number of carboxylic acids is 1. The molecule has 0 aliphatic heterocycles. The van der Waals surface area contributed by atoms with Crippen molar-refractivity contribution in [3.63, 3.8) is 0 Å². The molecule has 0 aromatic heterocycles. The fourth-order valence-corrected chi connectivity index (χ4v) is 4.44. The number of sulfonamides is 1. The summed E-state index contributed by atoms with van der Waals surface area (Å²) in [6.07, 6.45) is -1.56.